The summed E-state index contributed by atoms with van der Waals surface area (Å²) >= 11 is 1.05. The number of carbonyl (C=O) groups excluding carboxylic acids is 2. The van der Waals surface area contributed by atoms with E-state index in [1.165, 1.54) is 19.2 Å². The third kappa shape index (κ3) is 3.54. The van der Waals surface area contributed by atoms with E-state index < -0.39 is 18.5 Å². The van der Waals surface area contributed by atoms with Crippen LogP contribution in [0.25, 0.3) is 11.0 Å². The Balaban J connectivity index is 1.43. The highest BCUT2D eigenvalue weighted by Crippen LogP contribution is 2.40. The molecule has 4 rings (SSSR count). The molecule has 0 saturated carbocycles. The third-order valence-electron chi connectivity index (χ3n) is 3.96. The number of carbonyl (C=O) groups is 2. The number of fused-ring (bicyclic) bond motifs is 2. The Hall–Kier alpha value is -3.40. The molecule has 1 aliphatic heterocycles. The van der Waals surface area contributed by atoms with Gasteiger partial charge in [-0.2, -0.15) is 8.75 Å². The number of esters is 1. The molecule has 0 unspecified atom stereocenters. The SMILES string of the molecule is COc1cc(C(=O)OCC(=O)Nc2cccc3nsnc23)cc2c1OCCO2. The lowest BCUT2D eigenvalue weighted by molar-refractivity contribution is -0.119. The van der Waals surface area contributed by atoms with Crippen LogP contribution in [0.1, 0.15) is 10.4 Å². The van der Waals surface area contributed by atoms with Crippen molar-refractivity contribution in [2.75, 3.05) is 32.2 Å². The molecule has 1 aromatic heterocycles. The van der Waals surface area contributed by atoms with Crippen LogP contribution in [-0.4, -0.2) is 47.6 Å². The van der Waals surface area contributed by atoms with Crippen LogP contribution in [0.4, 0.5) is 5.69 Å². The average Bonchev–Trinajstić information content (AvgIpc) is 3.21. The summed E-state index contributed by atoms with van der Waals surface area (Å²) in [5.41, 5.74) is 1.97. The quantitative estimate of drug-likeness (QED) is 0.649. The van der Waals surface area contributed by atoms with Crippen molar-refractivity contribution in [3.8, 4) is 17.2 Å². The highest BCUT2D eigenvalue weighted by atomic mass is 32.1. The van der Waals surface area contributed by atoms with E-state index >= 15 is 0 Å². The average molecular weight is 401 g/mol. The van der Waals surface area contributed by atoms with Gasteiger partial charge in [0.15, 0.2) is 18.1 Å². The molecule has 0 atom stereocenters. The van der Waals surface area contributed by atoms with Gasteiger partial charge in [0.1, 0.15) is 24.2 Å². The van der Waals surface area contributed by atoms with E-state index in [-0.39, 0.29) is 5.56 Å². The summed E-state index contributed by atoms with van der Waals surface area (Å²) in [5, 5.41) is 2.67. The molecule has 1 N–H and O–H groups in total. The number of methoxy groups -OCH3 is 1. The molecule has 0 bridgehead atoms. The van der Waals surface area contributed by atoms with Crippen molar-refractivity contribution in [2.45, 2.75) is 0 Å². The molecule has 0 aliphatic carbocycles. The zero-order valence-corrected chi connectivity index (χ0v) is 15.6. The Labute approximate surface area is 163 Å². The molecule has 10 heteroatoms. The molecule has 3 aromatic rings. The van der Waals surface area contributed by atoms with Crippen LogP contribution in [0.5, 0.6) is 17.2 Å². The molecule has 144 valence electrons. The van der Waals surface area contributed by atoms with Gasteiger partial charge < -0.3 is 24.3 Å². The van der Waals surface area contributed by atoms with Gasteiger partial charge in [-0.3, -0.25) is 4.79 Å². The predicted molar refractivity (Wildman–Crippen MR) is 100 cm³/mol. The van der Waals surface area contributed by atoms with Crippen LogP contribution in [0.2, 0.25) is 0 Å². The van der Waals surface area contributed by atoms with Gasteiger partial charge in [0.2, 0.25) is 5.75 Å². The summed E-state index contributed by atoms with van der Waals surface area (Å²) in [6, 6.07) is 8.24. The Bertz CT molecular complexity index is 1030. The van der Waals surface area contributed by atoms with Gasteiger partial charge in [-0.05, 0) is 24.3 Å². The van der Waals surface area contributed by atoms with E-state index in [9.17, 15) is 9.59 Å². The first-order valence-corrected chi connectivity index (χ1v) is 9.04. The number of anilines is 1. The summed E-state index contributed by atoms with van der Waals surface area (Å²) in [6.07, 6.45) is 0. The number of nitrogens with zero attached hydrogens (tertiary/aromatic N) is 2. The smallest absolute Gasteiger partial charge is 0.338 e. The fourth-order valence-electron chi connectivity index (χ4n) is 2.70. The van der Waals surface area contributed by atoms with Gasteiger partial charge in [0.05, 0.1) is 30.1 Å². The van der Waals surface area contributed by atoms with E-state index in [1.807, 2.05) is 0 Å². The molecule has 1 amide bonds. The zero-order valence-electron chi connectivity index (χ0n) is 14.8. The minimum absolute atomic E-state index is 0.194. The Morgan fingerprint density at radius 3 is 2.93 bits per heavy atom. The minimum Gasteiger partial charge on any atom is -0.493 e. The first-order chi connectivity index (χ1) is 13.7. The van der Waals surface area contributed by atoms with Gasteiger partial charge in [0.25, 0.3) is 5.91 Å². The van der Waals surface area contributed by atoms with Crippen LogP contribution in [-0.2, 0) is 9.53 Å². The van der Waals surface area contributed by atoms with Crippen LogP contribution in [0, 0.1) is 0 Å². The molecule has 0 spiro atoms. The second-order valence-electron chi connectivity index (χ2n) is 5.76. The van der Waals surface area contributed by atoms with Crippen LogP contribution >= 0.6 is 11.7 Å². The second kappa shape index (κ2) is 7.69. The van der Waals surface area contributed by atoms with Crippen molar-refractivity contribution >= 4 is 40.3 Å². The number of aromatic nitrogens is 2. The lowest BCUT2D eigenvalue weighted by atomic mass is 10.1. The summed E-state index contributed by atoms with van der Waals surface area (Å²) in [7, 11) is 1.46. The third-order valence-corrected chi connectivity index (χ3v) is 4.50. The van der Waals surface area contributed by atoms with Gasteiger partial charge in [0, 0.05) is 0 Å². The molecular formula is C18H15N3O6S. The van der Waals surface area contributed by atoms with E-state index in [4.69, 9.17) is 18.9 Å². The van der Waals surface area contributed by atoms with Crippen molar-refractivity contribution in [3.63, 3.8) is 0 Å². The maximum absolute atomic E-state index is 12.4. The van der Waals surface area contributed by atoms with Crippen molar-refractivity contribution in [1.82, 2.24) is 8.75 Å². The Kier molecular flexibility index (Phi) is 4.94. The number of ether oxygens (including phenoxy) is 4. The Morgan fingerprint density at radius 1 is 1.21 bits per heavy atom. The summed E-state index contributed by atoms with van der Waals surface area (Å²) in [6.45, 7) is 0.312. The van der Waals surface area contributed by atoms with Crippen molar-refractivity contribution in [3.05, 3.63) is 35.9 Å². The number of rotatable bonds is 5. The lowest BCUT2D eigenvalue weighted by Gasteiger charge is -2.21. The molecule has 2 heterocycles. The van der Waals surface area contributed by atoms with E-state index in [1.54, 1.807) is 18.2 Å². The first-order valence-electron chi connectivity index (χ1n) is 8.31. The normalized spacial score (nSPS) is 12.5. The molecule has 2 aromatic carbocycles. The number of benzene rings is 2. The highest BCUT2D eigenvalue weighted by molar-refractivity contribution is 7.00. The van der Waals surface area contributed by atoms with Gasteiger partial charge >= 0.3 is 5.97 Å². The summed E-state index contributed by atoms with van der Waals surface area (Å²) < 4.78 is 29.6. The maximum Gasteiger partial charge on any atom is 0.338 e. The first kappa shape index (κ1) is 18.0. The van der Waals surface area contributed by atoms with Gasteiger partial charge in [-0.1, -0.05) is 6.07 Å². The number of hydrogen-bond donors (Lipinski definition) is 1. The predicted octanol–water partition coefficient (Wildman–Crippen LogP) is 2.27. The van der Waals surface area contributed by atoms with Crippen LogP contribution < -0.4 is 19.5 Å². The minimum atomic E-state index is -0.682. The molecule has 28 heavy (non-hydrogen) atoms. The van der Waals surface area contributed by atoms with Crippen molar-refractivity contribution in [1.29, 1.82) is 0 Å². The van der Waals surface area contributed by atoms with Crippen LogP contribution in [0.3, 0.4) is 0 Å². The van der Waals surface area contributed by atoms with Gasteiger partial charge in [-0.25, -0.2) is 4.79 Å². The van der Waals surface area contributed by atoms with Gasteiger partial charge in [-0.15, -0.1) is 0 Å². The largest absolute Gasteiger partial charge is 0.493 e. The highest BCUT2D eigenvalue weighted by Gasteiger charge is 2.22. The van der Waals surface area contributed by atoms with Crippen molar-refractivity contribution in [2.24, 2.45) is 0 Å². The topological polar surface area (TPSA) is 109 Å². The molecule has 9 nitrogen and oxygen atoms in total. The lowest BCUT2D eigenvalue weighted by Crippen LogP contribution is -2.21. The molecule has 0 fully saturated rings. The Morgan fingerprint density at radius 2 is 2.07 bits per heavy atom. The standard InChI is InChI=1S/C18H15N3O6S/c1-24-13-7-10(8-14-17(13)26-6-5-25-14)18(23)27-9-15(22)19-11-3-2-4-12-16(11)21-28-20-12/h2-4,7-8H,5-6,9H2,1H3,(H,19,22). The summed E-state index contributed by atoms with van der Waals surface area (Å²) in [5.74, 6) is 0.0198. The van der Waals surface area contributed by atoms with E-state index in [2.05, 4.69) is 14.1 Å². The second-order valence-corrected chi connectivity index (χ2v) is 6.29. The van der Waals surface area contributed by atoms with E-state index in [0.29, 0.717) is 47.2 Å². The molecule has 1 aliphatic rings. The molecular weight excluding hydrogens is 386 g/mol. The number of amides is 1. The molecule has 0 saturated heterocycles. The summed E-state index contributed by atoms with van der Waals surface area (Å²) in [4.78, 5) is 24.5. The fraction of sp³-hybridized carbons (Fsp3) is 0.222. The zero-order chi connectivity index (χ0) is 19.5. The van der Waals surface area contributed by atoms with E-state index in [0.717, 1.165) is 11.7 Å². The molecule has 0 radical (unpaired) electrons. The number of hydrogen-bond acceptors (Lipinski definition) is 9. The maximum atomic E-state index is 12.4. The monoisotopic (exact) mass is 401 g/mol. The van der Waals surface area contributed by atoms with Crippen molar-refractivity contribution < 1.29 is 28.5 Å². The fourth-order valence-corrected chi connectivity index (χ4v) is 3.25. The number of nitrogens with one attached hydrogen (secondary N) is 1. The van der Waals surface area contributed by atoms with Crippen LogP contribution in [0.15, 0.2) is 30.3 Å².